The lowest BCUT2D eigenvalue weighted by Gasteiger charge is -1.83. The van der Waals surface area contributed by atoms with Crippen molar-refractivity contribution in [2.75, 3.05) is 6.54 Å². The molecule has 0 fully saturated rings. The number of hydrogen-bond acceptors (Lipinski definition) is 6. The molecular formula is C6H8N6O. The Morgan fingerprint density at radius 3 is 3.15 bits per heavy atom. The molecule has 0 aromatic carbocycles. The fourth-order valence-electron chi connectivity index (χ4n) is 0.893. The fraction of sp³-hybridized carbons (Fsp3) is 0.333. The Morgan fingerprint density at radius 1 is 1.54 bits per heavy atom. The van der Waals surface area contributed by atoms with Crippen LogP contribution < -0.4 is 5.73 Å². The number of nitrogens with zero attached hydrogens (tertiary/aromatic N) is 4. The largest absolute Gasteiger partial charge is 0.339 e. The Morgan fingerprint density at radius 2 is 2.46 bits per heavy atom. The maximum atomic E-state index is 5.33. The summed E-state index contributed by atoms with van der Waals surface area (Å²) >= 11 is 0. The smallest absolute Gasteiger partial charge is 0.228 e. The van der Waals surface area contributed by atoms with Crippen molar-refractivity contribution in [1.82, 2.24) is 25.6 Å². The third-order valence-corrected chi connectivity index (χ3v) is 1.47. The van der Waals surface area contributed by atoms with Crippen molar-refractivity contribution in [2.45, 2.75) is 6.42 Å². The monoisotopic (exact) mass is 180 g/mol. The topological polar surface area (TPSA) is 107 Å². The van der Waals surface area contributed by atoms with Gasteiger partial charge in [0.2, 0.25) is 11.7 Å². The van der Waals surface area contributed by atoms with Crippen LogP contribution in [0.15, 0.2) is 10.7 Å². The summed E-state index contributed by atoms with van der Waals surface area (Å²) in [6.07, 6.45) is 2.10. The van der Waals surface area contributed by atoms with Crippen LogP contribution in [-0.2, 0) is 6.42 Å². The molecular weight excluding hydrogens is 172 g/mol. The van der Waals surface area contributed by atoms with Crippen LogP contribution in [0.5, 0.6) is 0 Å². The molecule has 0 aliphatic heterocycles. The molecule has 2 aromatic heterocycles. The molecule has 0 radical (unpaired) electrons. The van der Waals surface area contributed by atoms with Crippen molar-refractivity contribution in [2.24, 2.45) is 5.73 Å². The zero-order chi connectivity index (χ0) is 9.10. The van der Waals surface area contributed by atoms with Crippen molar-refractivity contribution < 1.29 is 4.52 Å². The van der Waals surface area contributed by atoms with Gasteiger partial charge in [-0.1, -0.05) is 5.16 Å². The standard InChI is InChI=1S/C6H8N6O/c7-2-1-5-9-6(11-13-5)4-3-8-12-10-4/h3H,1-2,7H2,(H,8,10,12). The summed E-state index contributed by atoms with van der Waals surface area (Å²) in [5, 5.41) is 13.6. The number of hydrogen-bond donors (Lipinski definition) is 2. The molecule has 3 N–H and O–H groups in total. The molecule has 68 valence electrons. The van der Waals surface area contributed by atoms with Gasteiger partial charge in [-0.3, -0.25) is 0 Å². The molecule has 0 aliphatic rings. The summed E-state index contributed by atoms with van der Waals surface area (Å²) in [6, 6.07) is 0. The van der Waals surface area contributed by atoms with Gasteiger partial charge in [-0.25, -0.2) is 0 Å². The molecule has 7 nitrogen and oxygen atoms in total. The molecule has 0 saturated heterocycles. The van der Waals surface area contributed by atoms with E-state index in [-0.39, 0.29) is 0 Å². The minimum atomic E-state index is 0.428. The van der Waals surface area contributed by atoms with E-state index < -0.39 is 0 Å². The molecule has 2 heterocycles. The molecule has 2 rings (SSSR count). The summed E-state index contributed by atoms with van der Waals surface area (Å²) in [7, 11) is 0. The number of aromatic nitrogens is 5. The minimum Gasteiger partial charge on any atom is -0.339 e. The summed E-state index contributed by atoms with van der Waals surface area (Å²) < 4.78 is 4.91. The van der Waals surface area contributed by atoms with Crippen LogP contribution in [0.3, 0.4) is 0 Å². The van der Waals surface area contributed by atoms with Crippen LogP contribution in [0.2, 0.25) is 0 Å². The van der Waals surface area contributed by atoms with Gasteiger partial charge in [0.05, 0.1) is 6.20 Å². The van der Waals surface area contributed by atoms with Gasteiger partial charge < -0.3 is 10.3 Å². The van der Waals surface area contributed by atoms with Gasteiger partial charge in [-0.2, -0.15) is 20.4 Å². The van der Waals surface area contributed by atoms with Gasteiger partial charge in [0.1, 0.15) is 0 Å². The first-order chi connectivity index (χ1) is 6.40. The molecule has 7 heteroatoms. The van der Waals surface area contributed by atoms with Gasteiger partial charge in [-0.15, -0.1) is 0 Å². The molecule has 0 spiro atoms. The first-order valence-corrected chi connectivity index (χ1v) is 3.79. The number of H-pyrrole nitrogens is 1. The third-order valence-electron chi connectivity index (χ3n) is 1.47. The maximum absolute atomic E-state index is 5.33. The van der Waals surface area contributed by atoms with E-state index >= 15 is 0 Å². The van der Waals surface area contributed by atoms with Gasteiger partial charge in [0.15, 0.2) is 5.69 Å². The van der Waals surface area contributed by atoms with Gasteiger partial charge in [-0.05, 0) is 0 Å². The molecule has 0 amide bonds. The van der Waals surface area contributed by atoms with Crippen LogP contribution in [0.1, 0.15) is 5.89 Å². The highest BCUT2D eigenvalue weighted by Crippen LogP contribution is 2.09. The fourth-order valence-corrected chi connectivity index (χ4v) is 0.893. The highest BCUT2D eigenvalue weighted by atomic mass is 16.5. The average molecular weight is 180 g/mol. The van der Waals surface area contributed by atoms with Crippen molar-refractivity contribution in [1.29, 1.82) is 0 Å². The van der Waals surface area contributed by atoms with Crippen LogP contribution in [0, 0.1) is 0 Å². The van der Waals surface area contributed by atoms with Gasteiger partial charge in [0, 0.05) is 13.0 Å². The molecule has 0 atom stereocenters. The molecule has 2 aromatic rings. The first-order valence-electron chi connectivity index (χ1n) is 3.79. The Labute approximate surface area is 73.3 Å². The predicted octanol–water partition coefficient (Wildman–Crippen LogP) is -0.644. The van der Waals surface area contributed by atoms with Gasteiger partial charge >= 0.3 is 0 Å². The molecule has 13 heavy (non-hydrogen) atoms. The van der Waals surface area contributed by atoms with Crippen LogP contribution in [0.25, 0.3) is 11.5 Å². The second kappa shape index (κ2) is 3.31. The lowest BCUT2D eigenvalue weighted by Crippen LogP contribution is -2.02. The van der Waals surface area contributed by atoms with E-state index in [0.29, 0.717) is 30.4 Å². The molecule has 0 saturated carbocycles. The Balaban J connectivity index is 2.23. The Hall–Kier alpha value is -1.76. The number of nitrogens with two attached hydrogens (primary N) is 1. The van der Waals surface area contributed by atoms with Crippen molar-refractivity contribution >= 4 is 0 Å². The second-order valence-electron chi connectivity index (χ2n) is 2.41. The Bertz CT molecular complexity index is 366. The van der Waals surface area contributed by atoms with E-state index in [0.717, 1.165) is 0 Å². The molecule has 0 aliphatic carbocycles. The number of rotatable bonds is 3. The van der Waals surface area contributed by atoms with Gasteiger partial charge in [0.25, 0.3) is 0 Å². The highest BCUT2D eigenvalue weighted by molar-refractivity contribution is 5.44. The van der Waals surface area contributed by atoms with E-state index in [4.69, 9.17) is 10.3 Å². The summed E-state index contributed by atoms with van der Waals surface area (Å²) in [4.78, 5) is 4.06. The summed E-state index contributed by atoms with van der Waals surface area (Å²) in [6.45, 7) is 0.487. The van der Waals surface area contributed by atoms with E-state index in [1.165, 1.54) is 6.20 Å². The quantitative estimate of drug-likeness (QED) is 0.650. The van der Waals surface area contributed by atoms with Crippen molar-refractivity contribution in [3.63, 3.8) is 0 Å². The SMILES string of the molecule is NCCc1nc(-c2cn[nH]n2)no1. The number of nitrogens with one attached hydrogen (secondary N) is 1. The van der Waals surface area contributed by atoms with E-state index in [1.54, 1.807) is 0 Å². The van der Waals surface area contributed by atoms with E-state index in [9.17, 15) is 0 Å². The van der Waals surface area contributed by atoms with E-state index in [2.05, 4.69) is 25.6 Å². The summed E-state index contributed by atoms with van der Waals surface area (Å²) in [5.74, 6) is 0.942. The molecule has 0 unspecified atom stereocenters. The molecule has 0 bridgehead atoms. The second-order valence-corrected chi connectivity index (χ2v) is 2.41. The lowest BCUT2D eigenvalue weighted by molar-refractivity contribution is 0.380. The van der Waals surface area contributed by atoms with Crippen molar-refractivity contribution in [3.8, 4) is 11.5 Å². The van der Waals surface area contributed by atoms with E-state index in [1.807, 2.05) is 0 Å². The number of aromatic amines is 1. The minimum absolute atomic E-state index is 0.428. The Kier molecular flexibility index (Phi) is 2.01. The van der Waals surface area contributed by atoms with Crippen molar-refractivity contribution in [3.05, 3.63) is 12.1 Å². The average Bonchev–Trinajstić information content (AvgIpc) is 2.70. The van der Waals surface area contributed by atoms with Crippen LogP contribution in [-0.4, -0.2) is 32.1 Å². The lowest BCUT2D eigenvalue weighted by atomic mass is 10.4. The highest BCUT2D eigenvalue weighted by Gasteiger charge is 2.09. The zero-order valence-corrected chi connectivity index (χ0v) is 6.77. The zero-order valence-electron chi connectivity index (χ0n) is 6.77. The van der Waals surface area contributed by atoms with Crippen LogP contribution >= 0.6 is 0 Å². The summed E-state index contributed by atoms with van der Waals surface area (Å²) in [5.41, 5.74) is 5.89. The van der Waals surface area contributed by atoms with Crippen LogP contribution in [0.4, 0.5) is 0 Å². The maximum Gasteiger partial charge on any atom is 0.228 e. The first kappa shape index (κ1) is 7.87. The predicted molar refractivity (Wildman–Crippen MR) is 42.4 cm³/mol. The normalized spacial score (nSPS) is 10.5. The third kappa shape index (κ3) is 1.54.